The summed E-state index contributed by atoms with van der Waals surface area (Å²) < 4.78 is 61.2. The summed E-state index contributed by atoms with van der Waals surface area (Å²) in [5, 5.41) is 13.0. The molecule has 0 saturated heterocycles. The van der Waals surface area contributed by atoms with Gasteiger partial charge in [-0.25, -0.2) is 8.42 Å². The molecule has 1 unspecified atom stereocenters. The van der Waals surface area contributed by atoms with Crippen molar-refractivity contribution in [3.8, 4) is 0 Å². The predicted molar refractivity (Wildman–Crippen MR) is 72.7 cm³/mol. The third-order valence-electron chi connectivity index (χ3n) is 3.28. The minimum absolute atomic E-state index is 0.511. The standard InChI is InChI=1S/C12H14F3N3O3S/c1-11(2,10(19)7-17-18-16)22(20,21)9-5-3-4-8(6-9)12(13,14)15/h3-6,10,19H,7H2,1-2H3. The molecule has 10 heteroatoms. The van der Waals surface area contributed by atoms with Crippen LogP contribution in [-0.2, 0) is 16.0 Å². The molecule has 0 saturated carbocycles. The lowest BCUT2D eigenvalue weighted by Crippen LogP contribution is -2.45. The number of sulfone groups is 1. The van der Waals surface area contributed by atoms with Crippen molar-refractivity contribution in [3.63, 3.8) is 0 Å². The monoisotopic (exact) mass is 337 g/mol. The summed E-state index contributed by atoms with van der Waals surface area (Å²) in [6.45, 7) is 1.79. The summed E-state index contributed by atoms with van der Waals surface area (Å²) in [7, 11) is -4.28. The predicted octanol–water partition coefficient (Wildman–Crippen LogP) is 2.93. The molecule has 1 aromatic rings. The number of aliphatic hydroxyl groups is 1. The zero-order chi connectivity index (χ0) is 17.2. The molecule has 1 rings (SSSR count). The molecular formula is C12H14F3N3O3S. The van der Waals surface area contributed by atoms with Crippen LogP contribution in [0.2, 0.25) is 0 Å². The third-order valence-corrected chi connectivity index (χ3v) is 5.82. The second-order valence-electron chi connectivity index (χ2n) is 5.06. The summed E-state index contributed by atoms with van der Waals surface area (Å²) in [5.41, 5.74) is 7.10. The van der Waals surface area contributed by atoms with Gasteiger partial charge in [0.1, 0.15) is 0 Å². The normalized spacial score (nSPS) is 14.3. The van der Waals surface area contributed by atoms with Gasteiger partial charge in [-0.05, 0) is 37.6 Å². The fraction of sp³-hybridized carbons (Fsp3) is 0.500. The van der Waals surface area contributed by atoms with Crippen molar-refractivity contribution in [1.82, 2.24) is 0 Å². The summed E-state index contributed by atoms with van der Waals surface area (Å²) in [6, 6.07) is 3.26. The highest BCUT2D eigenvalue weighted by Crippen LogP contribution is 2.34. The average Bonchev–Trinajstić information content (AvgIpc) is 2.43. The van der Waals surface area contributed by atoms with Crippen LogP contribution in [0, 0.1) is 0 Å². The average molecular weight is 337 g/mol. The summed E-state index contributed by atoms with van der Waals surface area (Å²) in [4.78, 5) is 1.85. The fourth-order valence-corrected chi connectivity index (χ4v) is 3.24. The number of alkyl halides is 3. The van der Waals surface area contributed by atoms with Gasteiger partial charge in [0.2, 0.25) is 0 Å². The van der Waals surface area contributed by atoms with Gasteiger partial charge in [-0.2, -0.15) is 13.2 Å². The van der Waals surface area contributed by atoms with Crippen LogP contribution in [-0.4, -0.2) is 30.9 Å². The van der Waals surface area contributed by atoms with Crippen molar-refractivity contribution in [1.29, 1.82) is 0 Å². The number of nitrogens with zero attached hydrogens (tertiary/aromatic N) is 3. The largest absolute Gasteiger partial charge is 0.416 e. The van der Waals surface area contributed by atoms with Crippen LogP contribution >= 0.6 is 0 Å². The SMILES string of the molecule is CC(C)(C(O)CN=[N+]=[N-])S(=O)(=O)c1cccc(C(F)(F)F)c1. The van der Waals surface area contributed by atoms with E-state index in [0.717, 1.165) is 32.0 Å². The Morgan fingerprint density at radius 3 is 2.45 bits per heavy atom. The van der Waals surface area contributed by atoms with Gasteiger partial charge < -0.3 is 5.11 Å². The quantitative estimate of drug-likeness (QED) is 0.507. The number of rotatable bonds is 5. The van der Waals surface area contributed by atoms with E-state index in [4.69, 9.17) is 5.53 Å². The maximum absolute atomic E-state index is 12.7. The van der Waals surface area contributed by atoms with E-state index in [0.29, 0.717) is 6.07 Å². The van der Waals surface area contributed by atoms with E-state index in [-0.39, 0.29) is 0 Å². The second kappa shape index (κ2) is 6.15. The van der Waals surface area contributed by atoms with Gasteiger partial charge in [-0.3, -0.25) is 0 Å². The Hall–Kier alpha value is -1.77. The van der Waals surface area contributed by atoms with E-state index in [9.17, 15) is 26.7 Å². The van der Waals surface area contributed by atoms with Crippen molar-refractivity contribution < 1.29 is 26.7 Å². The first kappa shape index (κ1) is 18.3. The number of halogens is 3. The number of aliphatic hydroxyl groups excluding tert-OH is 1. The van der Waals surface area contributed by atoms with E-state index in [1.165, 1.54) is 0 Å². The van der Waals surface area contributed by atoms with E-state index in [2.05, 4.69) is 10.0 Å². The van der Waals surface area contributed by atoms with Crippen molar-refractivity contribution >= 4 is 9.84 Å². The molecular weight excluding hydrogens is 323 g/mol. The van der Waals surface area contributed by atoms with Crippen LogP contribution in [0.1, 0.15) is 19.4 Å². The molecule has 0 heterocycles. The van der Waals surface area contributed by atoms with E-state index < -0.39 is 43.9 Å². The highest BCUT2D eigenvalue weighted by atomic mass is 32.2. The maximum Gasteiger partial charge on any atom is 0.416 e. The van der Waals surface area contributed by atoms with Crippen LogP contribution in [0.3, 0.4) is 0 Å². The van der Waals surface area contributed by atoms with Crippen molar-refractivity contribution in [2.24, 2.45) is 5.11 Å². The Morgan fingerprint density at radius 2 is 1.95 bits per heavy atom. The molecule has 22 heavy (non-hydrogen) atoms. The van der Waals surface area contributed by atoms with Gasteiger partial charge in [0.05, 0.1) is 27.9 Å². The Bertz CT molecular complexity index is 695. The number of hydrogen-bond donors (Lipinski definition) is 1. The second-order valence-corrected chi connectivity index (χ2v) is 7.59. The van der Waals surface area contributed by atoms with E-state index in [1.807, 2.05) is 0 Å². The van der Waals surface area contributed by atoms with Crippen LogP contribution in [0.15, 0.2) is 34.3 Å². The fourth-order valence-electron chi connectivity index (χ4n) is 1.66. The van der Waals surface area contributed by atoms with Gasteiger partial charge in [-0.15, -0.1) is 0 Å². The van der Waals surface area contributed by atoms with E-state index in [1.54, 1.807) is 0 Å². The zero-order valence-electron chi connectivity index (χ0n) is 11.7. The molecule has 0 aliphatic rings. The molecule has 0 fully saturated rings. The first-order valence-corrected chi connectivity index (χ1v) is 7.53. The lowest BCUT2D eigenvalue weighted by Gasteiger charge is -2.29. The molecule has 0 aromatic heterocycles. The number of azide groups is 1. The van der Waals surface area contributed by atoms with Crippen molar-refractivity contribution in [3.05, 3.63) is 40.3 Å². The summed E-state index contributed by atoms with van der Waals surface area (Å²) in [5.74, 6) is 0. The molecule has 0 spiro atoms. The van der Waals surface area contributed by atoms with Crippen LogP contribution in [0.25, 0.3) is 10.4 Å². The Labute approximate surface area is 125 Å². The molecule has 0 bridgehead atoms. The number of benzene rings is 1. The highest BCUT2D eigenvalue weighted by molar-refractivity contribution is 7.92. The highest BCUT2D eigenvalue weighted by Gasteiger charge is 2.42. The van der Waals surface area contributed by atoms with Crippen LogP contribution in [0.4, 0.5) is 13.2 Å². The molecule has 6 nitrogen and oxygen atoms in total. The molecule has 0 radical (unpaired) electrons. The Morgan fingerprint density at radius 1 is 1.36 bits per heavy atom. The molecule has 0 aliphatic heterocycles. The molecule has 0 amide bonds. The summed E-state index contributed by atoms with van der Waals surface area (Å²) in [6.07, 6.45) is -6.25. The van der Waals surface area contributed by atoms with Crippen LogP contribution < -0.4 is 0 Å². The van der Waals surface area contributed by atoms with E-state index >= 15 is 0 Å². The minimum Gasteiger partial charge on any atom is -0.391 e. The van der Waals surface area contributed by atoms with Crippen LogP contribution in [0.5, 0.6) is 0 Å². The number of hydrogen-bond acceptors (Lipinski definition) is 4. The Kier molecular flexibility index (Phi) is 5.11. The summed E-state index contributed by atoms with van der Waals surface area (Å²) >= 11 is 0. The smallest absolute Gasteiger partial charge is 0.391 e. The van der Waals surface area contributed by atoms with Crippen molar-refractivity contribution in [2.45, 2.75) is 35.8 Å². The lowest BCUT2D eigenvalue weighted by molar-refractivity contribution is -0.137. The van der Waals surface area contributed by atoms with Gasteiger partial charge in [0, 0.05) is 4.91 Å². The topological polar surface area (TPSA) is 103 Å². The zero-order valence-corrected chi connectivity index (χ0v) is 12.6. The van der Waals surface area contributed by atoms with Gasteiger partial charge in [0.25, 0.3) is 0 Å². The maximum atomic E-state index is 12.7. The molecule has 1 aromatic carbocycles. The molecule has 122 valence electrons. The van der Waals surface area contributed by atoms with Gasteiger partial charge in [0.15, 0.2) is 9.84 Å². The lowest BCUT2D eigenvalue weighted by atomic mass is 10.1. The molecule has 1 atom stereocenters. The molecule has 1 N–H and O–H groups in total. The van der Waals surface area contributed by atoms with Crippen molar-refractivity contribution in [2.75, 3.05) is 6.54 Å². The van der Waals surface area contributed by atoms with Gasteiger partial charge >= 0.3 is 6.18 Å². The third kappa shape index (κ3) is 3.52. The molecule has 0 aliphatic carbocycles. The minimum atomic E-state index is -4.68. The Balaban J connectivity index is 3.32. The first-order chi connectivity index (χ1) is 9.94. The first-order valence-electron chi connectivity index (χ1n) is 6.05. The van der Waals surface area contributed by atoms with Gasteiger partial charge in [-0.1, -0.05) is 11.2 Å².